The topological polar surface area (TPSA) is 12.4 Å². The molecular weight excluding hydrogens is 167 g/mol. The van der Waals surface area contributed by atoms with Crippen LogP contribution in [0.25, 0.3) is 0 Å². The fourth-order valence-corrected chi connectivity index (χ4v) is 0.334. The molecule has 0 bridgehead atoms. The highest BCUT2D eigenvalue weighted by Gasteiger charge is 2.31. The Morgan fingerprint density at radius 1 is 1.42 bits per heavy atom. The van der Waals surface area contributed by atoms with E-state index in [2.05, 4.69) is 18.2 Å². The van der Waals surface area contributed by atoms with Crippen LogP contribution in [-0.2, 0) is 0 Å². The van der Waals surface area contributed by atoms with Crippen LogP contribution >= 0.6 is 0 Å². The molecule has 0 aromatic heterocycles. The lowest BCUT2D eigenvalue weighted by Crippen LogP contribution is -2.08. The SMILES string of the molecule is C=C(C=NC(=C)C(F)(F)F)CC. The van der Waals surface area contributed by atoms with E-state index in [0.717, 1.165) is 6.21 Å². The standard InChI is InChI=1S/C8H10F3N/c1-4-6(2)5-12-7(3)8(9,10)11/h5H,2-4H2,1H3. The number of aliphatic imine (C=N–C) groups is 1. The Balaban J connectivity index is 4.19. The highest BCUT2D eigenvalue weighted by Crippen LogP contribution is 2.24. The first-order valence-electron chi connectivity index (χ1n) is 3.36. The Kier molecular flexibility index (Phi) is 3.73. The van der Waals surface area contributed by atoms with Gasteiger partial charge in [-0.15, -0.1) is 0 Å². The summed E-state index contributed by atoms with van der Waals surface area (Å²) in [5.41, 5.74) is -0.558. The second-order valence-corrected chi connectivity index (χ2v) is 2.21. The third-order valence-corrected chi connectivity index (χ3v) is 1.18. The number of halogens is 3. The van der Waals surface area contributed by atoms with Crippen LogP contribution in [0, 0.1) is 0 Å². The van der Waals surface area contributed by atoms with Crippen molar-refractivity contribution in [1.82, 2.24) is 0 Å². The quantitative estimate of drug-likeness (QED) is 0.587. The molecule has 0 saturated heterocycles. The highest BCUT2D eigenvalue weighted by atomic mass is 19.4. The Hall–Kier alpha value is -1.06. The third kappa shape index (κ3) is 3.95. The van der Waals surface area contributed by atoms with Crippen molar-refractivity contribution >= 4 is 6.21 Å². The van der Waals surface area contributed by atoms with Gasteiger partial charge in [-0.1, -0.05) is 20.1 Å². The summed E-state index contributed by atoms with van der Waals surface area (Å²) in [5.74, 6) is 0. The molecule has 0 atom stereocenters. The highest BCUT2D eigenvalue weighted by molar-refractivity contribution is 5.78. The Labute approximate surface area is 69.3 Å². The molecule has 0 heterocycles. The van der Waals surface area contributed by atoms with E-state index in [0.29, 0.717) is 12.0 Å². The van der Waals surface area contributed by atoms with Gasteiger partial charge in [-0.2, -0.15) is 13.2 Å². The molecule has 0 aliphatic carbocycles. The Bertz CT molecular complexity index is 213. The molecular formula is C8H10F3N. The van der Waals surface area contributed by atoms with Gasteiger partial charge in [0.2, 0.25) is 0 Å². The first-order chi connectivity index (χ1) is 5.38. The van der Waals surface area contributed by atoms with E-state index < -0.39 is 11.9 Å². The van der Waals surface area contributed by atoms with Gasteiger partial charge in [-0.3, -0.25) is 4.99 Å². The van der Waals surface area contributed by atoms with Gasteiger partial charge in [0.25, 0.3) is 0 Å². The van der Waals surface area contributed by atoms with Crippen LogP contribution in [0.15, 0.2) is 29.4 Å². The summed E-state index contributed by atoms with van der Waals surface area (Å²) < 4.78 is 35.3. The van der Waals surface area contributed by atoms with E-state index in [1.54, 1.807) is 6.92 Å². The molecule has 0 unspecified atom stereocenters. The molecule has 0 amide bonds. The minimum atomic E-state index is -4.44. The first-order valence-corrected chi connectivity index (χ1v) is 3.36. The molecule has 0 N–H and O–H groups in total. The number of hydrogen-bond acceptors (Lipinski definition) is 1. The predicted molar refractivity (Wildman–Crippen MR) is 43.1 cm³/mol. The summed E-state index contributed by atoms with van der Waals surface area (Å²) in [4.78, 5) is 3.12. The molecule has 0 spiro atoms. The maximum atomic E-state index is 11.8. The number of rotatable bonds is 3. The van der Waals surface area contributed by atoms with Crippen molar-refractivity contribution in [3.8, 4) is 0 Å². The summed E-state index contributed by atoms with van der Waals surface area (Å²) >= 11 is 0. The minimum absolute atomic E-state index is 0.542. The van der Waals surface area contributed by atoms with Gasteiger partial charge in [0, 0.05) is 6.21 Å². The fourth-order valence-electron chi connectivity index (χ4n) is 0.334. The van der Waals surface area contributed by atoms with Gasteiger partial charge >= 0.3 is 6.18 Å². The number of hydrogen-bond donors (Lipinski definition) is 0. The normalized spacial score (nSPS) is 12.0. The second kappa shape index (κ2) is 4.09. The van der Waals surface area contributed by atoms with E-state index in [9.17, 15) is 13.2 Å². The average molecular weight is 177 g/mol. The van der Waals surface area contributed by atoms with Crippen LogP contribution in [0.1, 0.15) is 13.3 Å². The monoisotopic (exact) mass is 177 g/mol. The minimum Gasteiger partial charge on any atom is -0.252 e. The molecule has 4 heteroatoms. The lowest BCUT2D eigenvalue weighted by molar-refractivity contribution is -0.0918. The Morgan fingerprint density at radius 2 is 1.92 bits per heavy atom. The number of alkyl halides is 3. The van der Waals surface area contributed by atoms with E-state index in [4.69, 9.17) is 0 Å². The molecule has 0 rings (SSSR count). The van der Waals surface area contributed by atoms with Gasteiger partial charge in [-0.25, -0.2) is 0 Å². The maximum absolute atomic E-state index is 11.8. The number of allylic oxidation sites excluding steroid dienone is 2. The maximum Gasteiger partial charge on any atom is 0.432 e. The summed E-state index contributed by atoms with van der Waals surface area (Å²) in [6.07, 6.45) is -2.78. The third-order valence-electron chi connectivity index (χ3n) is 1.18. The molecule has 12 heavy (non-hydrogen) atoms. The molecule has 0 aromatic rings. The fraction of sp³-hybridized carbons (Fsp3) is 0.375. The summed E-state index contributed by atoms with van der Waals surface area (Å²) in [6.45, 7) is 8.02. The largest absolute Gasteiger partial charge is 0.432 e. The summed E-state index contributed by atoms with van der Waals surface area (Å²) in [5, 5.41) is 0. The molecule has 0 aromatic carbocycles. The zero-order chi connectivity index (χ0) is 9.78. The second-order valence-electron chi connectivity index (χ2n) is 2.21. The first kappa shape index (κ1) is 10.9. The zero-order valence-corrected chi connectivity index (χ0v) is 6.78. The lowest BCUT2D eigenvalue weighted by atomic mass is 10.2. The van der Waals surface area contributed by atoms with Crippen molar-refractivity contribution in [1.29, 1.82) is 0 Å². The smallest absolute Gasteiger partial charge is 0.252 e. The van der Waals surface area contributed by atoms with Crippen molar-refractivity contribution in [3.63, 3.8) is 0 Å². The van der Waals surface area contributed by atoms with Gasteiger partial charge in [0.1, 0.15) is 5.70 Å². The van der Waals surface area contributed by atoms with E-state index in [-0.39, 0.29) is 0 Å². The van der Waals surface area contributed by atoms with Crippen LogP contribution < -0.4 is 0 Å². The molecule has 0 aliphatic rings. The van der Waals surface area contributed by atoms with Crippen LogP contribution in [0.3, 0.4) is 0 Å². The van der Waals surface area contributed by atoms with Gasteiger partial charge in [0.15, 0.2) is 0 Å². The molecule has 0 aliphatic heterocycles. The van der Waals surface area contributed by atoms with E-state index >= 15 is 0 Å². The van der Waals surface area contributed by atoms with E-state index in [1.165, 1.54) is 0 Å². The van der Waals surface area contributed by atoms with Crippen molar-refractivity contribution in [2.24, 2.45) is 4.99 Å². The van der Waals surface area contributed by atoms with Crippen LogP contribution in [0.2, 0.25) is 0 Å². The zero-order valence-electron chi connectivity index (χ0n) is 6.78. The predicted octanol–water partition coefficient (Wildman–Crippen LogP) is 3.10. The van der Waals surface area contributed by atoms with Gasteiger partial charge in [-0.05, 0) is 12.0 Å². The number of nitrogens with zero attached hydrogens (tertiary/aromatic N) is 1. The van der Waals surface area contributed by atoms with Crippen molar-refractivity contribution in [2.45, 2.75) is 19.5 Å². The summed E-state index contributed by atoms with van der Waals surface area (Å²) in [7, 11) is 0. The molecule has 0 fully saturated rings. The average Bonchev–Trinajstić information content (AvgIpc) is 1.97. The van der Waals surface area contributed by atoms with Gasteiger partial charge in [0.05, 0.1) is 0 Å². The van der Waals surface area contributed by atoms with Gasteiger partial charge < -0.3 is 0 Å². The Morgan fingerprint density at radius 3 is 2.25 bits per heavy atom. The molecule has 0 saturated carbocycles. The van der Waals surface area contributed by atoms with E-state index in [1.807, 2.05) is 0 Å². The van der Waals surface area contributed by atoms with Crippen LogP contribution in [0.4, 0.5) is 13.2 Å². The van der Waals surface area contributed by atoms with Crippen molar-refractivity contribution < 1.29 is 13.2 Å². The summed E-state index contributed by atoms with van der Waals surface area (Å²) in [6, 6.07) is 0. The molecule has 68 valence electrons. The van der Waals surface area contributed by atoms with Crippen LogP contribution in [0.5, 0.6) is 0 Å². The molecule has 0 radical (unpaired) electrons. The lowest BCUT2D eigenvalue weighted by Gasteiger charge is -2.03. The van der Waals surface area contributed by atoms with Crippen molar-refractivity contribution in [2.75, 3.05) is 0 Å². The van der Waals surface area contributed by atoms with Crippen molar-refractivity contribution in [3.05, 3.63) is 24.4 Å². The van der Waals surface area contributed by atoms with Crippen LogP contribution in [-0.4, -0.2) is 12.4 Å². The molecule has 1 nitrogen and oxygen atoms in total.